The van der Waals surface area contributed by atoms with E-state index in [4.69, 9.17) is 5.11 Å². The van der Waals surface area contributed by atoms with E-state index in [1.54, 1.807) is 19.2 Å². The SMILES string of the molecule is CN(CC1CC2CCC1C2)S(=O)(=O)c1ccc(CCO)s1. The van der Waals surface area contributed by atoms with Crippen molar-refractivity contribution in [1.29, 1.82) is 0 Å². The first kappa shape index (κ1) is 15.5. The van der Waals surface area contributed by atoms with Gasteiger partial charge < -0.3 is 5.11 Å². The summed E-state index contributed by atoms with van der Waals surface area (Å²) < 4.78 is 27.2. The zero-order valence-electron chi connectivity index (χ0n) is 12.4. The maximum absolute atomic E-state index is 12.6. The van der Waals surface area contributed by atoms with Gasteiger partial charge in [-0.3, -0.25) is 0 Å². The predicted molar refractivity (Wildman–Crippen MR) is 83.9 cm³/mol. The molecule has 0 saturated heterocycles. The van der Waals surface area contributed by atoms with Gasteiger partial charge >= 0.3 is 0 Å². The normalized spacial score (nSPS) is 28.6. The number of hydrogen-bond donors (Lipinski definition) is 1. The van der Waals surface area contributed by atoms with Crippen molar-refractivity contribution in [3.8, 4) is 0 Å². The van der Waals surface area contributed by atoms with E-state index in [9.17, 15) is 8.42 Å². The molecule has 2 saturated carbocycles. The third kappa shape index (κ3) is 3.04. The summed E-state index contributed by atoms with van der Waals surface area (Å²) in [7, 11) is -1.67. The quantitative estimate of drug-likeness (QED) is 0.871. The first-order chi connectivity index (χ1) is 10.0. The highest BCUT2D eigenvalue weighted by atomic mass is 32.2. The molecule has 1 aromatic rings. The molecule has 21 heavy (non-hydrogen) atoms. The van der Waals surface area contributed by atoms with Crippen molar-refractivity contribution in [3.63, 3.8) is 0 Å². The summed E-state index contributed by atoms with van der Waals surface area (Å²) in [5.41, 5.74) is 0. The van der Waals surface area contributed by atoms with Gasteiger partial charge in [-0.25, -0.2) is 8.42 Å². The van der Waals surface area contributed by atoms with Gasteiger partial charge in [0.25, 0.3) is 10.0 Å². The summed E-state index contributed by atoms with van der Waals surface area (Å²) in [4.78, 5) is 0.921. The average molecular weight is 329 g/mol. The predicted octanol–water partition coefficient (Wildman–Crippen LogP) is 2.34. The van der Waals surface area contributed by atoms with Crippen LogP contribution in [-0.2, 0) is 16.4 Å². The first-order valence-corrected chi connectivity index (χ1v) is 9.92. The highest BCUT2D eigenvalue weighted by Gasteiger charge is 2.41. The Morgan fingerprint density at radius 1 is 1.33 bits per heavy atom. The van der Waals surface area contributed by atoms with Crippen LogP contribution in [0.25, 0.3) is 0 Å². The lowest BCUT2D eigenvalue weighted by molar-refractivity contribution is 0.280. The van der Waals surface area contributed by atoms with Crippen molar-refractivity contribution >= 4 is 21.4 Å². The van der Waals surface area contributed by atoms with Gasteiger partial charge in [0.2, 0.25) is 0 Å². The summed E-state index contributed by atoms with van der Waals surface area (Å²) in [5, 5.41) is 8.94. The van der Waals surface area contributed by atoms with Crippen LogP contribution in [0.2, 0.25) is 0 Å². The van der Waals surface area contributed by atoms with Crippen LogP contribution in [0, 0.1) is 17.8 Å². The summed E-state index contributed by atoms with van der Waals surface area (Å²) in [6.07, 6.45) is 5.65. The third-order valence-corrected chi connectivity index (χ3v) is 8.47. The molecule has 6 heteroatoms. The van der Waals surface area contributed by atoms with Crippen molar-refractivity contribution in [2.45, 2.75) is 36.3 Å². The number of sulfonamides is 1. The highest BCUT2D eigenvalue weighted by Crippen LogP contribution is 2.48. The van der Waals surface area contributed by atoms with Crippen molar-refractivity contribution in [3.05, 3.63) is 17.0 Å². The van der Waals surface area contributed by atoms with Crippen molar-refractivity contribution in [2.75, 3.05) is 20.2 Å². The molecule has 2 aliphatic rings. The minimum atomic E-state index is -3.37. The second-order valence-electron chi connectivity index (χ2n) is 6.41. The molecule has 4 nitrogen and oxygen atoms in total. The number of hydrogen-bond acceptors (Lipinski definition) is 4. The Balaban J connectivity index is 1.68. The van der Waals surface area contributed by atoms with E-state index in [-0.39, 0.29) is 6.61 Å². The lowest BCUT2D eigenvalue weighted by atomic mass is 9.89. The van der Waals surface area contributed by atoms with Crippen LogP contribution in [0.4, 0.5) is 0 Å². The number of thiophene rings is 1. The molecule has 1 N–H and O–H groups in total. The molecular formula is C15H23NO3S2. The molecule has 0 amide bonds. The second kappa shape index (κ2) is 5.99. The Morgan fingerprint density at radius 2 is 2.14 bits per heavy atom. The summed E-state index contributed by atoms with van der Waals surface area (Å²) >= 11 is 1.28. The zero-order valence-corrected chi connectivity index (χ0v) is 14.0. The van der Waals surface area contributed by atoms with Gasteiger partial charge in [0.1, 0.15) is 4.21 Å². The molecule has 2 aliphatic carbocycles. The topological polar surface area (TPSA) is 57.6 Å². The van der Waals surface area contributed by atoms with Gasteiger partial charge in [-0.2, -0.15) is 4.31 Å². The third-order valence-electron chi connectivity index (χ3n) is 5.04. The number of nitrogens with zero attached hydrogens (tertiary/aromatic N) is 1. The van der Waals surface area contributed by atoms with Gasteiger partial charge in [0, 0.05) is 31.5 Å². The number of rotatable bonds is 6. The lowest BCUT2D eigenvalue weighted by Gasteiger charge is -2.26. The monoisotopic (exact) mass is 329 g/mol. The zero-order chi connectivity index (χ0) is 15.0. The van der Waals surface area contributed by atoms with E-state index in [0.717, 1.165) is 16.7 Å². The van der Waals surface area contributed by atoms with Crippen LogP contribution >= 0.6 is 11.3 Å². The fourth-order valence-corrected chi connectivity index (χ4v) is 6.71. The lowest BCUT2D eigenvalue weighted by Crippen LogP contribution is -2.33. The number of aliphatic hydroxyl groups is 1. The van der Waals surface area contributed by atoms with Crippen molar-refractivity contribution in [1.82, 2.24) is 4.31 Å². The first-order valence-electron chi connectivity index (χ1n) is 7.66. The van der Waals surface area contributed by atoms with Crippen LogP contribution in [0.3, 0.4) is 0 Å². The van der Waals surface area contributed by atoms with Crippen molar-refractivity contribution < 1.29 is 13.5 Å². The van der Waals surface area contributed by atoms with Gasteiger partial charge in [-0.05, 0) is 49.1 Å². The second-order valence-corrected chi connectivity index (χ2v) is 9.85. The minimum Gasteiger partial charge on any atom is -0.396 e. The maximum Gasteiger partial charge on any atom is 0.252 e. The van der Waals surface area contributed by atoms with Gasteiger partial charge in [-0.15, -0.1) is 11.3 Å². The molecule has 0 spiro atoms. The molecular weight excluding hydrogens is 306 g/mol. The Hall–Kier alpha value is -0.430. The highest BCUT2D eigenvalue weighted by molar-refractivity contribution is 7.91. The van der Waals surface area contributed by atoms with E-state index in [0.29, 0.717) is 23.1 Å². The molecule has 3 unspecified atom stereocenters. The average Bonchev–Trinajstić information content (AvgIpc) is 3.14. The largest absolute Gasteiger partial charge is 0.396 e. The summed E-state index contributed by atoms with van der Waals surface area (Å²) in [5.74, 6) is 2.12. The molecule has 118 valence electrons. The Bertz CT molecular complexity index is 596. The van der Waals surface area contributed by atoms with E-state index in [2.05, 4.69) is 0 Å². The van der Waals surface area contributed by atoms with E-state index in [1.165, 1.54) is 41.3 Å². The van der Waals surface area contributed by atoms with E-state index in [1.807, 2.05) is 0 Å². The molecule has 3 rings (SSSR count). The van der Waals surface area contributed by atoms with Gasteiger partial charge in [0.15, 0.2) is 0 Å². The molecule has 0 radical (unpaired) electrons. The standard InChI is InChI=1S/C15H23NO3S2/c1-16(10-13-9-11-2-3-12(13)8-11)21(18,19)15-5-4-14(20-15)6-7-17/h4-5,11-13,17H,2-3,6-10H2,1H3. The Morgan fingerprint density at radius 3 is 2.76 bits per heavy atom. The Kier molecular flexibility index (Phi) is 4.41. The van der Waals surface area contributed by atoms with Gasteiger partial charge in [-0.1, -0.05) is 6.42 Å². The number of fused-ring (bicyclic) bond motifs is 2. The molecule has 1 aromatic heterocycles. The summed E-state index contributed by atoms with van der Waals surface area (Å²) in [6.45, 7) is 0.706. The van der Waals surface area contributed by atoms with Crippen LogP contribution < -0.4 is 0 Å². The molecule has 0 aromatic carbocycles. The van der Waals surface area contributed by atoms with Crippen LogP contribution in [0.1, 0.15) is 30.6 Å². The van der Waals surface area contributed by atoms with E-state index >= 15 is 0 Å². The van der Waals surface area contributed by atoms with Crippen molar-refractivity contribution in [2.24, 2.45) is 17.8 Å². The molecule has 1 heterocycles. The van der Waals surface area contributed by atoms with Crippen LogP contribution in [0.15, 0.2) is 16.3 Å². The molecule has 2 fully saturated rings. The fraction of sp³-hybridized carbons (Fsp3) is 0.733. The molecule has 3 atom stereocenters. The van der Waals surface area contributed by atoms with Crippen LogP contribution in [0.5, 0.6) is 0 Å². The minimum absolute atomic E-state index is 0.0565. The van der Waals surface area contributed by atoms with E-state index < -0.39 is 10.0 Å². The molecule has 0 aliphatic heterocycles. The smallest absolute Gasteiger partial charge is 0.252 e. The Labute approximate surface area is 130 Å². The van der Waals surface area contributed by atoms with Crippen LogP contribution in [-0.4, -0.2) is 38.0 Å². The summed E-state index contributed by atoms with van der Waals surface area (Å²) in [6, 6.07) is 3.47. The van der Waals surface area contributed by atoms with Gasteiger partial charge in [0.05, 0.1) is 0 Å². The fourth-order valence-electron chi connectivity index (χ4n) is 3.92. The maximum atomic E-state index is 12.6. The molecule has 2 bridgehead atoms. The number of aliphatic hydroxyl groups excluding tert-OH is 1.